The van der Waals surface area contributed by atoms with Gasteiger partial charge in [-0.05, 0) is 48.1 Å². The summed E-state index contributed by atoms with van der Waals surface area (Å²) in [6, 6.07) is 17.5. The molecule has 0 radical (unpaired) electrons. The Morgan fingerprint density at radius 1 is 1.10 bits per heavy atom. The molecule has 2 heteroatoms. The van der Waals surface area contributed by atoms with Crippen molar-refractivity contribution in [1.29, 1.82) is 0 Å². The van der Waals surface area contributed by atoms with E-state index in [1.807, 2.05) is 0 Å². The third kappa shape index (κ3) is 2.21. The number of ether oxygens (including phenoxy) is 1. The molecule has 1 aliphatic heterocycles. The number of para-hydroxylation sites is 1. The van der Waals surface area contributed by atoms with Crippen LogP contribution < -0.4 is 4.74 Å². The lowest BCUT2D eigenvalue weighted by molar-refractivity contribution is 0.357. The molecule has 0 bridgehead atoms. The highest BCUT2D eigenvalue weighted by Gasteiger charge is 2.12. The van der Waals surface area contributed by atoms with Gasteiger partial charge in [0.05, 0.1) is 6.61 Å². The molecular formula is C19H19NO. The van der Waals surface area contributed by atoms with Crippen molar-refractivity contribution in [2.24, 2.45) is 0 Å². The predicted octanol–water partition coefficient (Wildman–Crippen LogP) is 4.13. The summed E-state index contributed by atoms with van der Waals surface area (Å²) in [5, 5.41) is 1.33. The van der Waals surface area contributed by atoms with E-state index in [0.717, 1.165) is 31.7 Å². The van der Waals surface area contributed by atoms with Crippen molar-refractivity contribution in [2.75, 3.05) is 6.61 Å². The number of benzene rings is 2. The second-order valence-corrected chi connectivity index (χ2v) is 5.79. The molecule has 0 saturated carbocycles. The molecule has 2 aromatic carbocycles. The Balaban J connectivity index is 1.60. The van der Waals surface area contributed by atoms with Gasteiger partial charge in [-0.15, -0.1) is 0 Å². The molecule has 0 fully saturated rings. The predicted molar refractivity (Wildman–Crippen MR) is 86.0 cm³/mol. The lowest BCUT2D eigenvalue weighted by Crippen LogP contribution is -2.03. The zero-order valence-corrected chi connectivity index (χ0v) is 12.3. The van der Waals surface area contributed by atoms with E-state index in [2.05, 4.69) is 60.0 Å². The average Bonchev–Trinajstić information content (AvgIpc) is 3.08. The number of nitrogens with zero attached hydrogens (tertiary/aromatic N) is 1. The number of fused-ring (bicyclic) bond motifs is 2. The number of hydrogen-bond donors (Lipinski definition) is 0. The number of hydrogen-bond acceptors (Lipinski definition) is 1. The molecule has 3 aromatic rings. The van der Waals surface area contributed by atoms with Gasteiger partial charge in [0, 0.05) is 24.2 Å². The first-order valence-electron chi connectivity index (χ1n) is 7.61. The fourth-order valence-corrected chi connectivity index (χ4v) is 3.28. The molecule has 0 aliphatic carbocycles. The molecule has 21 heavy (non-hydrogen) atoms. The molecule has 0 atom stereocenters. The Morgan fingerprint density at radius 3 is 2.95 bits per heavy atom. The van der Waals surface area contributed by atoms with Crippen molar-refractivity contribution in [3.8, 4) is 5.75 Å². The average molecular weight is 277 g/mol. The minimum Gasteiger partial charge on any atom is -0.493 e. The smallest absolute Gasteiger partial charge is 0.122 e. The third-order valence-electron chi connectivity index (χ3n) is 4.40. The van der Waals surface area contributed by atoms with Crippen LogP contribution in [0.4, 0.5) is 0 Å². The van der Waals surface area contributed by atoms with Gasteiger partial charge in [-0.25, -0.2) is 0 Å². The summed E-state index contributed by atoms with van der Waals surface area (Å²) in [4.78, 5) is 0. The highest BCUT2D eigenvalue weighted by atomic mass is 16.5. The van der Waals surface area contributed by atoms with Crippen molar-refractivity contribution in [2.45, 2.75) is 26.3 Å². The number of aryl methyl sites for hydroxylation is 3. The minimum absolute atomic E-state index is 0.833. The molecule has 2 heterocycles. The first kappa shape index (κ1) is 12.5. The van der Waals surface area contributed by atoms with Crippen molar-refractivity contribution in [1.82, 2.24) is 4.57 Å². The van der Waals surface area contributed by atoms with Gasteiger partial charge in [-0.1, -0.05) is 30.3 Å². The second kappa shape index (κ2) is 4.96. The van der Waals surface area contributed by atoms with E-state index in [-0.39, 0.29) is 0 Å². The Morgan fingerprint density at radius 2 is 2.00 bits per heavy atom. The summed E-state index contributed by atoms with van der Waals surface area (Å²) in [6.45, 7) is 4.05. The van der Waals surface area contributed by atoms with Gasteiger partial charge >= 0.3 is 0 Å². The lowest BCUT2D eigenvalue weighted by Gasteiger charge is -2.09. The van der Waals surface area contributed by atoms with Gasteiger partial charge in [0.15, 0.2) is 0 Å². The number of aromatic nitrogens is 1. The Labute approximate surface area is 125 Å². The van der Waals surface area contributed by atoms with Crippen LogP contribution in [0.25, 0.3) is 10.9 Å². The fraction of sp³-hybridized carbons (Fsp3) is 0.263. The van der Waals surface area contributed by atoms with Gasteiger partial charge < -0.3 is 9.30 Å². The van der Waals surface area contributed by atoms with Gasteiger partial charge in [0.25, 0.3) is 0 Å². The van der Waals surface area contributed by atoms with Crippen LogP contribution in [0, 0.1) is 6.92 Å². The largest absolute Gasteiger partial charge is 0.493 e. The van der Waals surface area contributed by atoms with E-state index in [9.17, 15) is 0 Å². The molecule has 0 amide bonds. The topological polar surface area (TPSA) is 14.2 Å². The maximum atomic E-state index is 5.58. The van der Waals surface area contributed by atoms with Gasteiger partial charge in [0.2, 0.25) is 0 Å². The second-order valence-electron chi connectivity index (χ2n) is 5.79. The first-order valence-corrected chi connectivity index (χ1v) is 7.61. The minimum atomic E-state index is 0.833. The van der Waals surface area contributed by atoms with Crippen LogP contribution in [0.3, 0.4) is 0 Å². The molecule has 1 aliphatic rings. The van der Waals surface area contributed by atoms with Crippen LogP contribution in [0.15, 0.2) is 48.5 Å². The van der Waals surface area contributed by atoms with E-state index < -0.39 is 0 Å². The van der Waals surface area contributed by atoms with Crippen LogP contribution in [0.5, 0.6) is 5.75 Å². The van der Waals surface area contributed by atoms with Crippen LogP contribution >= 0.6 is 0 Å². The highest BCUT2D eigenvalue weighted by molar-refractivity contribution is 5.81. The highest BCUT2D eigenvalue weighted by Crippen LogP contribution is 2.26. The normalized spacial score (nSPS) is 13.4. The summed E-state index contributed by atoms with van der Waals surface area (Å²) >= 11 is 0. The van der Waals surface area contributed by atoms with E-state index in [1.54, 1.807) is 0 Å². The first-order chi connectivity index (χ1) is 10.3. The summed E-state index contributed by atoms with van der Waals surface area (Å²) < 4.78 is 7.99. The Bertz CT molecular complexity index is 800. The molecule has 2 nitrogen and oxygen atoms in total. The molecule has 0 saturated heterocycles. The molecule has 0 N–H and O–H groups in total. The number of rotatable bonds is 3. The van der Waals surface area contributed by atoms with Crippen LogP contribution in [-0.2, 0) is 19.4 Å². The summed E-state index contributed by atoms with van der Waals surface area (Å²) in [5.41, 5.74) is 5.43. The zero-order chi connectivity index (χ0) is 14.2. The van der Waals surface area contributed by atoms with E-state index in [1.165, 1.54) is 27.7 Å². The molecule has 0 unspecified atom stereocenters. The SMILES string of the molecule is Cc1cc2ccccc2n1CCc1ccc2c(c1)CCO2. The van der Waals surface area contributed by atoms with Crippen molar-refractivity contribution >= 4 is 10.9 Å². The zero-order valence-electron chi connectivity index (χ0n) is 12.3. The van der Waals surface area contributed by atoms with Crippen LogP contribution in [0.1, 0.15) is 16.8 Å². The van der Waals surface area contributed by atoms with E-state index in [0.29, 0.717) is 0 Å². The molecule has 4 rings (SSSR count). The summed E-state index contributed by atoms with van der Waals surface area (Å²) in [7, 11) is 0. The quantitative estimate of drug-likeness (QED) is 0.702. The van der Waals surface area contributed by atoms with Gasteiger partial charge in [-0.3, -0.25) is 0 Å². The van der Waals surface area contributed by atoms with Crippen molar-refractivity contribution < 1.29 is 4.74 Å². The summed E-state index contributed by atoms with van der Waals surface area (Å²) in [6.07, 6.45) is 2.11. The maximum Gasteiger partial charge on any atom is 0.122 e. The monoisotopic (exact) mass is 277 g/mol. The molecule has 106 valence electrons. The van der Waals surface area contributed by atoms with Gasteiger partial charge in [-0.2, -0.15) is 0 Å². The molecule has 1 aromatic heterocycles. The lowest BCUT2D eigenvalue weighted by atomic mass is 10.1. The maximum absolute atomic E-state index is 5.58. The van der Waals surface area contributed by atoms with E-state index >= 15 is 0 Å². The fourth-order valence-electron chi connectivity index (χ4n) is 3.28. The Kier molecular flexibility index (Phi) is 2.95. The van der Waals surface area contributed by atoms with Crippen LogP contribution in [0.2, 0.25) is 0 Å². The van der Waals surface area contributed by atoms with E-state index in [4.69, 9.17) is 4.74 Å². The van der Waals surface area contributed by atoms with Crippen LogP contribution in [-0.4, -0.2) is 11.2 Å². The van der Waals surface area contributed by atoms with Gasteiger partial charge in [0.1, 0.15) is 5.75 Å². The molecule has 0 spiro atoms. The summed E-state index contributed by atoms with van der Waals surface area (Å²) in [5.74, 6) is 1.07. The van der Waals surface area contributed by atoms with Crippen molar-refractivity contribution in [3.63, 3.8) is 0 Å². The molecular weight excluding hydrogens is 258 g/mol. The van der Waals surface area contributed by atoms with Crippen molar-refractivity contribution in [3.05, 3.63) is 65.4 Å². The third-order valence-corrected chi connectivity index (χ3v) is 4.40. The standard InChI is InChI=1S/C19H19NO/c1-14-12-16-4-2-3-5-18(16)20(14)10-8-15-6-7-19-17(13-15)9-11-21-19/h2-7,12-13H,8-11H2,1H3. The Hall–Kier alpha value is -2.22.